The van der Waals surface area contributed by atoms with Crippen molar-refractivity contribution in [3.63, 3.8) is 0 Å². The van der Waals surface area contributed by atoms with Crippen LogP contribution in [0.25, 0.3) is 0 Å². The SMILES string of the molecule is O=C(CCCC[n+]1ccccc1)Nc1ccc(N2CCCCC2)cc1. The van der Waals surface area contributed by atoms with Gasteiger partial charge in [0, 0.05) is 49.4 Å². The molecule has 0 saturated carbocycles. The number of unbranched alkanes of at least 4 members (excludes halogenated alkanes) is 1. The van der Waals surface area contributed by atoms with Crippen LogP contribution in [-0.4, -0.2) is 19.0 Å². The number of benzene rings is 1. The lowest BCUT2D eigenvalue weighted by molar-refractivity contribution is -0.697. The molecule has 0 bridgehead atoms. The lowest BCUT2D eigenvalue weighted by atomic mass is 10.1. The Labute approximate surface area is 150 Å². The molecule has 1 N–H and O–H groups in total. The summed E-state index contributed by atoms with van der Waals surface area (Å²) in [6, 6.07) is 14.3. The predicted molar refractivity (Wildman–Crippen MR) is 102 cm³/mol. The summed E-state index contributed by atoms with van der Waals surface area (Å²) < 4.78 is 2.15. The van der Waals surface area contributed by atoms with E-state index in [1.165, 1.54) is 24.9 Å². The third-order valence-corrected chi connectivity index (χ3v) is 4.72. The Kier molecular flexibility index (Phi) is 6.43. The Morgan fingerprint density at radius 1 is 0.960 bits per heavy atom. The smallest absolute Gasteiger partial charge is 0.224 e. The summed E-state index contributed by atoms with van der Waals surface area (Å²) in [6.07, 6.45) is 10.5. The average molecular weight is 338 g/mol. The molecule has 1 amide bonds. The second kappa shape index (κ2) is 9.21. The summed E-state index contributed by atoms with van der Waals surface area (Å²) in [5, 5.41) is 3.01. The number of carbonyl (C=O) groups excluding carboxylic acids is 1. The zero-order valence-corrected chi connectivity index (χ0v) is 14.9. The second-order valence-electron chi connectivity index (χ2n) is 6.71. The van der Waals surface area contributed by atoms with Crippen molar-refractivity contribution in [2.45, 2.75) is 45.1 Å². The molecule has 1 aliphatic heterocycles. The van der Waals surface area contributed by atoms with Gasteiger partial charge in [0.05, 0.1) is 0 Å². The first-order valence-electron chi connectivity index (χ1n) is 9.40. The number of anilines is 2. The van der Waals surface area contributed by atoms with Gasteiger partial charge < -0.3 is 10.2 Å². The summed E-state index contributed by atoms with van der Waals surface area (Å²) in [7, 11) is 0. The van der Waals surface area contributed by atoms with Crippen LogP contribution in [0.4, 0.5) is 11.4 Å². The van der Waals surface area contributed by atoms with Crippen LogP contribution < -0.4 is 14.8 Å². The number of carbonyl (C=O) groups is 1. The van der Waals surface area contributed by atoms with Crippen molar-refractivity contribution in [3.8, 4) is 0 Å². The summed E-state index contributed by atoms with van der Waals surface area (Å²) in [4.78, 5) is 14.5. The molecule has 2 heterocycles. The number of nitrogens with zero attached hydrogens (tertiary/aromatic N) is 2. The van der Waals surface area contributed by atoms with E-state index in [9.17, 15) is 4.79 Å². The molecular weight excluding hydrogens is 310 g/mol. The fraction of sp³-hybridized carbons (Fsp3) is 0.429. The summed E-state index contributed by atoms with van der Waals surface area (Å²) in [5.41, 5.74) is 2.15. The van der Waals surface area contributed by atoms with Crippen LogP contribution in [0.5, 0.6) is 0 Å². The highest BCUT2D eigenvalue weighted by Crippen LogP contribution is 2.21. The van der Waals surface area contributed by atoms with Crippen LogP contribution in [-0.2, 0) is 11.3 Å². The third-order valence-electron chi connectivity index (χ3n) is 4.72. The molecule has 0 unspecified atom stereocenters. The molecule has 0 spiro atoms. The third kappa shape index (κ3) is 5.59. The monoisotopic (exact) mass is 338 g/mol. The van der Waals surface area contributed by atoms with E-state index in [1.54, 1.807) is 0 Å². The molecule has 1 aromatic heterocycles. The Morgan fingerprint density at radius 2 is 1.68 bits per heavy atom. The van der Waals surface area contributed by atoms with E-state index >= 15 is 0 Å². The van der Waals surface area contributed by atoms with E-state index in [0.29, 0.717) is 6.42 Å². The molecule has 1 aromatic carbocycles. The van der Waals surface area contributed by atoms with E-state index in [4.69, 9.17) is 0 Å². The summed E-state index contributed by atoms with van der Waals surface area (Å²) in [5.74, 6) is 0.101. The van der Waals surface area contributed by atoms with Gasteiger partial charge in [-0.3, -0.25) is 4.79 Å². The van der Waals surface area contributed by atoms with E-state index in [-0.39, 0.29) is 5.91 Å². The number of aryl methyl sites for hydroxylation is 1. The maximum Gasteiger partial charge on any atom is 0.224 e. The van der Waals surface area contributed by atoms with Crippen molar-refractivity contribution in [1.29, 1.82) is 0 Å². The van der Waals surface area contributed by atoms with Crippen molar-refractivity contribution in [1.82, 2.24) is 0 Å². The lowest BCUT2D eigenvalue weighted by Gasteiger charge is -2.28. The van der Waals surface area contributed by atoms with Gasteiger partial charge in [0.15, 0.2) is 12.4 Å². The minimum Gasteiger partial charge on any atom is -0.372 e. The van der Waals surface area contributed by atoms with Gasteiger partial charge in [-0.1, -0.05) is 6.07 Å². The normalized spacial score (nSPS) is 14.3. The molecule has 1 saturated heterocycles. The molecule has 0 aliphatic carbocycles. The molecule has 0 atom stereocenters. The van der Waals surface area contributed by atoms with E-state index in [1.807, 2.05) is 30.3 Å². The highest BCUT2D eigenvalue weighted by molar-refractivity contribution is 5.90. The van der Waals surface area contributed by atoms with Gasteiger partial charge in [-0.25, -0.2) is 4.57 Å². The number of piperidine rings is 1. The largest absolute Gasteiger partial charge is 0.372 e. The number of hydrogen-bond donors (Lipinski definition) is 1. The molecule has 25 heavy (non-hydrogen) atoms. The minimum absolute atomic E-state index is 0.101. The predicted octanol–water partition coefficient (Wildman–Crippen LogP) is 3.77. The highest BCUT2D eigenvalue weighted by Gasteiger charge is 2.11. The summed E-state index contributed by atoms with van der Waals surface area (Å²) >= 11 is 0. The maximum absolute atomic E-state index is 12.1. The fourth-order valence-electron chi connectivity index (χ4n) is 3.29. The molecule has 4 nitrogen and oxygen atoms in total. The van der Waals surface area contributed by atoms with Crippen molar-refractivity contribution < 1.29 is 9.36 Å². The van der Waals surface area contributed by atoms with Gasteiger partial charge in [-0.15, -0.1) is 0 Å². The zero-order chi connectivity index (χ0) is 17.3. The number of rotatable bonds is 7. The molecule has 1 fully saturated rings. The number of pyridine rings is 1. The van der Waals surface area contributed by atoms with Gasteiger partial charge >= 0.3 is 0 Å². The Balaban J connectivity index is 1.38. The van der Waals surface area contributed by atoms with E-state index in [0.717, 1.165) is 38.2 Å². The highest BCUT2D eigenvalue weighted by atomic mass is 16.1. The number of aromatic nitrogens is 1. The van der Waals surface area contributed by atoms with Crippen molar-refractivity contribution in [3.05, 3.63) is 54.9 Å². The average Bonchev–Trinajstić information content (AvgIpc) is 2.67. The van der Waals surface area contributed by atoms with Crippen LogP contribution >= 0.6 is 0 Å². The van der Waals surface area contributed by atoms with Gasteiger partial charge in [0.1, 0.15) is 6.54 Å². The number of hydrogen-bond acceptors (Lipinski definition) is 2. The molecule has 1 aliphatic rings. The maximum atomic E-state index is 12.1. The molecule has 132 valence electrons. The Morgan fingerprint density at radius 3 is 2.40 bits per heavy atom. The minimum atomic E-state index is 0.101. The second-order valence-corrected chi connectivity index (χ2v) is 6.71. The van der Waals surface area contributed by atoms with Gasteiger partial charge in [0.2, 0.25) is 5.91 Å². The molecule has 2 aromatic rings. The Bertz CT molecular complexity index is 649. The fourth-order valence-corrected chi connectivity index (χ4v) is 3.29. The topological polar surface area (TPSA) is 36.2 Å². The first kappa shape index (κ1) is 17.5. The van der Waals surface area contributed by atoms with Gasteiger partial charge in [0.25, 0.3) is 0 Å². The van der Waals surface area contributed by atoms with Crippen molar-refractivity contribution >= 4 is 17.3 Å². The van der Waals surface area contributed by atoms with Crippen molar-refractivity contribution in [2.75, 3.05) is 23.3 Å². The number of nitrogens with one attached hydrogen (secondary N) is 1. The first-order chi connectivity index (χ1) is 12.3. The summed E-state index contributed by atoms with van der Waals surface area (Å²) in [6.45, 7) is 3.24. The van der Waals surface area contributed by atoms with E-state index < -0.39 is 0 Å². The van der Waals surface area contributed by atoms with Crippen LogP contribution in [0.2, 0.25) is 0 Å². The molecular formula is C21H28N3O+. The van der Waals surface area contributed by atoms with E-state index in [2.05, 4.69) is 39.3 Å². The van der Waals surface area contributed by atoms with Crippen molar-refractivity contribution in [2.24, 2.45) is 0 Å². The molecule has 4 heteroatoms. The van der Waals surface area contributed by atoms with Gasteiger partial charge in [-0.05, 0) is 49.9 Å². The quantitative estimate of drug-likeness (QED) is 0.616. The van der Waals surface area contributed by atoms with Crippen LogP contribution in [0.3, 0.4) is 0 Å². The standard InChI is InChI=1S/C21H27N3O/c25-21(9-3-8-16-23-14-4-1-5-15-23)22-19-10-12-20(13-11-19)24-17-6-2-7-18-24/h1,4-5,10-15H,2-3,6-9,16-18H2/p+1. The molecule has 3 rings (SSSR count). The lowest BCUT2D eigenvalue weighted by Crippen LogP contribution is -2.32. The van der Waals surface area contributed by atoms with Crippen LogP contribution in [0.1, 0.15) is 38.5 Å². The van der Waals surface area contributed by atoms with Crippen LogP contribution in [0, 0.1) is 0 Å². The number of amides is 1. The molecule has 0 radical (unpaired) electrons. The van der Waals surface area contributed by atoms with Gasteiger partial charge in [-0.2, -0.15) is 0 Å². The van der Waals surface area contributed by atoms with Crippen LogP contribution in [0.15, 0.2) is 54.9 Å². The Hall–Kier alpha value is -2.36. The zero-order valence-electron chi connectivity index (χ0n) is 14.9. The first-order valence-corrected chi connectivity index (χ1v) is 9.40.